The normalized spacial score (nSPS) is 20.0. The maximum atomic E-state index is 14.5. The second-order valence-corrected chi connectivity index (χ2v) is 12.1. The van der Waals surface area contributed by atoms with Crippen LogP contribution in [0.1, 0.15) is 73.6 Å². The van der Waals surface area contributed by atoms with Crippen molar-refractivity contribution in [1.82, 2.24) is 10.3 Å². The number of carbonyl (C=O) groups excluding carboxylic acids is 3. The number of benzene rings is 2. The van der Waals surface area contributed by atoms with Crippen LogP contribution in [0.2, 0.25) is 5.02 Å². The van der Waals surface area contributed by atoms with E-state index in [2.05, 4.69) is 10.3 Å². The Morgan fingerprint density at radius 3 is 2.59 bits per heavy atom. The first-order valence-corrected chi connectivity index (χ1v) is 15.0. The van der Waals surface area contributed by atoms with Crippen LogP contribution in [0.25, 0.3) is 0 Å². The molecule has 0 bridgehead atoms. The fraction of sp³-hybridized carbons (Fsp3) is 0.364. The minimum Gasteiger partial charge on any atom is -0.351 e. The van der Waals surface area contributed by atoms with Gasteiger partial charge in [0.1, 0.15) is 11.9 Å². The van der Waals surface area contributed by atoms with E-state index in [1.807, 2.05) is 24.3 Å². The van der Waals surface area contributed by atoms with Gasteiger partial charge in [0.25, 0.3) is 5.92 Å². The number of anilines is 2. The highest BCUT2D eigenvalue weighted by Crippen LogP contribution is 2.43. The van der Waals surface area contributed by atoms with Crippen molar-refractivity contribution in [3.05, 3.63) is 88.6 Å². The summed E-state index contributed by atoms with van der Waals surface area (Å²) in [6.45, 7) is 0. The van der Waals surface area contributed by atoms with Gasteiger partial charge in [-0.3, -0.25) is 24.2 Å². The Balaban J connectivity index is 1.38. The van der Waals surface area contributed by atoms with Crippen molar-refractivity contribution in [3.63, 3.8) is 0 Å². The quantitative estimate of drug-likeness (QED) is 0.314. The molecule has 11 heteroatoms. The van der Waals surface area contributed by atoms with Crippen molar-refractivity contribution in [1.29, 1.82) is 5.26 Å². The van der Waals surface area contributed by atoms with Crippen molar-refractivity contribution in [2.45, 2.75) is 74.9 Å². The minimum atomic E-state index is -2.85. The van der Waals surface area contributed by atoms with E-state index in [-0.39, 0.29) is 29.6 Å². The number of nitriles is 1. The fourth-order valence-electron chi connectivity index (χ4n) is 6.09. The molecule has 3 aromatic rings. The van der Waals surface area contributed by atoms with Gasteiger partial charge in [-0.2, -0.15) is 5.26 Å². The van der Waals surface area contributed by atoms with E-state index in [0.29, 0.717) is 29.2 Å². The third-order valence-corrected chi connectivity index (χ3v) is 8.81. The molecule has 2 aromatic carbocycles. The van der Waals surface area contributed by atoms with Gasteiger partial charge in [0, 0.05) is 60.2 Å². The fourth-order valence-corrected chi connectivity index (χ4v) is 6.33. The van der Waals surface area contributed by atoms with Crippen LogP contribution < -0.4 is 15.1 Å². The van der Waals surface area contributed by atoms with E-state index in [4.69, 9.17) is 11.6 Å². The largest absolute Gasteiger partial charge is 0.351 e. The molecule has 8 nitrogen and oxygen atoms in total. The molecule has 0 radical (unpaired) electrons. The molecule has 2 aliphatic carbocycles. The Labute approximate surface area is 258 Å². The number of aromatic nitrogens is 1. The maximum absolute atomic E-state index is 14.5. The molecular weight excluding hydrogens is 588 g/mol. The Kier molecular flexibility index (Phi) is 8.08. The van der Waals surface area contributed by atoms with Gasteiger partial charge in [0.2, 0.25) is 17.7 Å². The predicted octanol–water partition coefficient (Wildman–Crippen LogP) is 6.06. The molecule has 3 aliphatic rings. The summed E-state index contributed by atoms with van der Waals surface area (Å²) in [6, 6.07) is 16.6. The lowest BCUT2D eigenvalue weighted by Gasteiger charge is -2.38. The van der Waals surface area contributed by atoms with Gasteiger partial charge >= 0.3 is 0 Å². The van der Waals surface area contributed by atoms with Crippen molar-refractivity contribution in [3.8, 4) is 6.07 Å². The molecule has 44 heavy (non-hydrogen) atoms. The summed E-state index contributed by atoms with van der Waals surface area (Å²) in [7, 11) is 0. The van der Waals surface area contributed by atoms with Gasteiger partial charge in [-0.1, -0.05) is 41.9 Å². The second-order valence-electron chi connectivity index (χ2n) is 11.7. The first-order valence-electron chi connectivity index (χ1n) is 14.7. The van der Waals surface area contributed by atoms with E-state index < -0.39 is 48.7 Å². The molecule has 3 fully saturated rings. The van der Waals surface area contributed by atoms with Gasteiger partial charge in [0.05, 0.1) is 11.6 Å². The van der Waals surface area contributed by atoms with Crippen LogP contribution in [-0.2, 0) is 14.4 Å². The summed E-state index contributed by atoms with van der Waals surface area (Å²) in [5.41, 5.74) is 2.19. The number of nitrogens with one attached hydrogen (secondary N) is 1. The molecule has 2 heterocycles. The summed E-state index contributed by atoms with van der Waals surface area (Å²) in [5.74, 6) is -3.50. The van der Waals surface area contributed by atoms with E-state index in [1.165, 1.54) is 28.1 Å². The van der Waals surface area contributed by atoms with Crippen LogP contribution in [0.3, 0.4) is 0 Å². The highest BCUT2D eigenvalue weighted by Gasteiger charge is 2.47. The molecule has 3 amide bonds. The highest BCUT2D eigenvalue weighted by atomic mass is 35.5. The minimum absolute atomic E-state index is 0.145. The monoisotopic (exact) mass is 617 g/mol. The average Bonchev–Trinajstić information content (AvgIpc) is 3.78. The summed E-state index contributed by atoms with van der Waals surface area (Å²) in [5, 5.41) is 12.3. The topological polar surface area (TPSA) is 106 Å². The number of hydrogen-bond donors (Lipinski definition) is 1. The zero-order valence-corrected chi connectivity index (χ0v) is 24.5. The number of nitrogens with zero attached hydrogens (tertiary/aromatic N) is 4. The summed E-state index contributed by atoms with van der Waals surface area (Å²) >= 11 is 6.62. The average molecular weight is 618 g/mol. The molecule has 1 aromatic heterocycles. The number of halogens is 3. The molecule has 0 spiro atoms. The molecule has 6 rings (SSSR count). The zero-order chi connectivity index (χ0) is 31.0. The third-order valence-electron chi connectivity index (χ3n) is 8.47. The van der Waals surface area contributed by atoms with E-state index in [9.17, 15) is 28.4 Å². The van der Waals surface area contributed by atoms with Crippen LogP contribution in [0.4, 0.5) is 20.3 Å². The smallest absolute Gasteiger partial charge is 0.252 e. The van der Waals surface area contributed by atoms with Crippen LogP contribution in [0, 0.1) is 11.3 Å². The Bertz CT molecular complexity index is 1650. The van der Waals surface area contributed by atoms with E-state index in [0.717, 1.165) is 18.4 Å². The summed E-state index contributed by atoms with van der Waals surface area (Å²) in [6.07, 6.45) is 2.95. The van der Waals surface area contributed by atoms with Crippen molar-refractivity contribution < 1.29 is 23.2 Å². The molecule has 2 atom stereocenters. The summed E-state index contributed by atoms with van der Waals surface area (Å²) in [4.78, 5) is 48.6. The van der Waals surface area contributed by atoms with Gasteiger partial charge in [-0.25, -0.2) is 13.8 Å². The molecule has 1 N–H and O–H groups in total. The van der Waals surface area contributed by atoms with E-state index in [1.54, 1.807) is 30.3 Å². The number of amides is 3. The SMILES string of the molecule is N#Cc1ccnc(N2C(=O)CC[C@H]2CC(=O)N(c2cccc(C3CC3)c2)[C@H](C(=O)NC2CC(F)(F)C2)c2ccccc2Cl)c1. The number of alkyl halides is 2. The molecule has 1 aliphatic heterocycles. The Morgan fingerprint density at radius 2 is 1.89 bits per heavy atom. The number of hydrogen-bond acceptors (Lipinski definition) is 5. The van der Waals surface area contributed by atoms with Gasteiger partial charge in [-0.15, -0.1) is 0 Å². The highest BCUT2D eigenvalue weighted by molar-refractivity contribution is 6.31. The van der Waals surface area contributed by atoms with Crippen molar-refractivity contribution in [2.24, 2.45) is 0 Å². The third kappa shape index (κ3) is 6.15. The molecule has 0 unspecified atom stereocenters. The molecule has 1 saturated heterocycles. The first-order chi connectivity index (χ1) is 21.1. The van der Waals surface area contributed by atoms with Crippen LogP contribution in [0.15, 0.2) is 66.9 Å². The second kappa shape index (κ2) is 12.0. The number of rotatable bonds is 9. The van der Waals surface area contributed by atoms with Crippen LogP contribution in [-0.4, -0.2) is 40.7 Å². The summed E-state index contributed by atoms with van der Waals surface area (Å²) < 4.78 is 27.4. The molecule has 2 saturated carbocycles. The van der Waals surface area contributed by atoms with Crippen molar-refractivity contribution >= 4 is 40.8 Å². The van der Waals surface area contributed by atoms with Crippen LogP contribution >= 0.6 is 11.6 Å². The maximum Gasteiger partial charge on any atom is 0.252 e. The predicted molar refractivity (Wildman–Crippen MR) is 160 cm³/mol. The Hall–Kier alpha value is -4.36. The van der Waals surface area contributed by atoms with Crippen LogP contribution in [0.5, 0.6) is 0 Å². The van der Waals surface area contributed by atoms with Crippen molar-refractivity contribution in [2.75, 3.05) is 9.80 Å². The number of pyridine rings is 1. The van der Waals surface area contributed by atoms with Gasteiger partial charge in [-0.05, 0) is 61.1 Å². The van der Waals surface area contributed by atoms with Gasteiger partial charge in [0.15, 0.2) is 0 Å². The van der Waals surface area contributed by atoms with Gasteiger partial charge < -0.3 is 5.32 Å². The zero-order valence-electron chi connectivity index (χ0n) is 23.8. The Morgan fingerprint density at radius 1 is 1.11 bits per heavy atom. The molecular formula is C33H30ClF2N5O3. The lowest BCUT2D eigenvalue weighted by atomic mass is 9.87. The standard InChI is InChI=1S/C33H30ClF2N5O3/c34-27-7-2-1-6-26(27)31(32(44)39-23-17-33(35,36)18-23)41(24-5-3-4-22(15-24)21-8-9-21)30(43)16-25-10-11-29(42)40(25)28-14-20(19-37)12-13-38-28/h1-7,12-15,21,23,25,31H,8-11,16-18H2,(H,39,44)/t25-,31-/m0/s1. The molecule has 226 valence electrons. The first kappa shape index (κ1) is 29.7. The number of carbonyl (C=O) groups is 3. The lowest BCUT2D eigenvalue weighted by molar-refractivity contribution is -0.133. The lowest BCUT2D eigenvalue weighted by Crippen LogP contribution is -2.54. The van der Waals surface area contributed by atoms with E-state index >= 15 is 0 Å².